The van der Waals surface area contributed by atoms with Gasteiger partial charge < -0.3 is 20.2 Å². The lowest BCUT2D eigenvalue weighted by Gasteiger charge is -2.12. The van der Waals surface area contributed by atoms with Crippen molar-refractivity contribution in [1.82, 2.24) is 19.7 Å². The third kappa shape index (κ3) is 4.50. The van der Waals surface area contributed by atoms with Gasteiger partial charge in [0.25, 0.3) is 17.0 Å². The number of anilines is 1. The van der Waals surface area contributed by atoms with Gasteiger partial charge in [-0.05, 0) is 80.4 Å². The van der Waals surface area contributed by atoms with E-state index >= 15 is 0 Å². The fourth-order valence-corrected chi connectivity index (χ4v) is 5.05. The normalized spacial score (nSPS) is 13.2. The van der Waals surface area contributed by atoms with E-state index in [1.165, 1.54) is 41.4 Å². The molecular weight excluding hydrogens is 552 g/mol. The second-order valence-electron chi connectivity index (χ2n) is 10.1. The number of hydrogen-bond donors (Lipinski definition) is 4. The average molecular weight is 577 g/mol. The van der Waals surface area contributed by atoms with E-state index in [9.17, 15) is 24.3 Å². The van der Waals surface area contributed by atoms with E-state index in [4.69, 9.17) is 5.11 Å². The number of nitrogens with one attached hydrogen (secondary N) is 2. The van der Waals surface area contributed by atoms with Crippen molar-refractivity contribution in [2.24, 2.45) is 5.10 Å². The summed E-state index contributed by atoms with van der Waals surface area (Å²) in [5, 5.41) is 29.9. The van der Waals surface area contributed by atoms with E-state index in [2.05, 4.69) is 20.2 Å². The number of rotatable bonds is 5. The molecule has 6 rings (SSSR count). The summed E-state index contributed by atoms with van der Waals surface area (Å²) in [6.07, 6.45) is 4.60. The molecule has 4 N–H and O–H groups in total. The largest absolute Gasteiger partial charge is 0.494 e. The first kappa shape index (κ1) is 27.1. The molecule has 12 heteroatoms. The molecule has 0 atom stereocenters. The molecule has 3 aliphatic heterocycles. The Morgan fingerprint density at radius 1 is 0.884 bits per heavy atom. The van der Waals surface area contributed by atoms with Gasteiger partial charge in [-0.1, -0.05) is 23.8 Å². The molecule has 12 nitrogen and oxygen atoms in total. The Labute approximate surface area is 242 Å². The molecule has 3 aromatic rings. The van der Waals surface area contributed by atoms with Crippen LogP contribution >= 0.6 is 0 Å². The lowest BCUT2D eigenvalue weighted by molar-refractivity contribution is 0.0696. The van der Waals surface area contributed by atoms with E-state index in [-0.39, 0.29) is 45.0 Å². The first-order valence-corrected chi connectivity index (χ1v) is 13.1. The summed E-state index contributed by atoms with van der Waals surface area (Å²) in [5.74, 6) is -1.56. The SMILES string of the molecule is Cc1ccc(N2N=c3[nH]c(=O)/c(=C\C=C\c4c(O)[nH]c5nn(-c6ccc(C(=O)O)cc6)c(=O)c-5c4C)c(C)c3C2=O)cc1. The number of aromatic hydroxyl groups is 1. The zero-order valence-electron chi connectivity index (χ0n) is 23.2. The number of fused-ring (bicyclic) bond motifs is 2. The number of allylic oxidation sites excluding steroid dienone is 1. The summed E-state index contributed by atoms with van der Waals surface area (Å²) in [5.41, 5.74) is 3.02. The van der Waals surface area contributed by atoms with E-state index in [0.29, 0.717) is 28.1 Å². The van der Waals surface area contributed by atoms with Crippen LogP contribution in [0.5, 0.6) is 5.88 Å². The smallest absolute Gasteiger partial charge is 0.335 e. The van der Waals surface area contributed by atoms with Crippen molar-refractivity contribution in [2.75, 3.05) is 5.01 Å². The van der Waals surface area contributed by atoms with Crippen molar-refractivity contribution >= 4 is 29.7 Å². The monoisotopic (exact) mass is 576 g/mol. The van der Waals surface area contributed by atoms with Crippen LogP contribution in [-0.2, 0) is 0 Å². The fourth-order valence-electron chi connectivity index (χ4n) is 5.05. The molecule has 0 aliphatic carbocycles. The Morgan fingerprint density at radius 3 is 2.23 bits per heavy atom. The molecule has 1 aromatic heterocycles. The number of aromatic amines is 2. The van der Waals surface area contributed by atoms with Gasteiger partial charge in [-0.3, -0.25) is 14.4 Å². The predicted octanol–water partition coefficient (Wildman–Crippen LogP) is 2.37. The summed E-state index contributed by atoms with van der Waals surface area (Å²) in [7, 11) is 0. The quantitative estimate of drug-likeness (QED) is 0.248. The summed E-state index contributed by atoms with van der Waals surface area (Å²) >= 11 is 0. The molecule has 0 radical (unpaired) electrons. The minimum atomic E-state index is -1.09. The van der Waals surface area contributed by atoms with Gasteiger partial charge in [0, 0.05) is 10.8 Å². The van der Waals surface area contributed by atoms with Crippen LogP contribution in [0.25, 0.3) is 29.2 Å². The van der Waals surface area contributed by atoms with Crippen molar-refractivity contribution in [3.05, 3.63) is 119 Å². The second kappa shape index (κ2) is 10.1. The zero-order valence-corrected chi connectivity index (χ0v) is 23.2. The second-order valence-corrected chi connectivity index (χ2v) is 10.1. The molecule has 0 spiro atoms. The number of carbonyl (C=O) groups excluding carboxylic acids is 1. The molecule has 0 fully saturated rings. The minimum absolute atomic E-state index is 0.0665. The number of benzene rings is 2. The van der Waals surface area contributed by atoms with E-state index in [1.54, 1.807) is 32.1 Å². The van der Waals surface area contributed by atoms with Gasteiger partial charge in [-0.15, -0.1) is 10.2 Å². The number of aromatic carboxylic acids is 1. The Morgan fingerprint density at radius 2 is 1.56 bits per heavy atom. The van der Waals surface area contributed by atoms with Crippen molar-refractivity contribution in [3.63, 3.8) is 0 Å². The summed E-state index contributed by atoms with van der Waals surface area (Å²) < 4.78 is 1.12. The first-order valence-electron chi connectivity index (χ1n) is 13.1. The topological polar surface area (TPSA) is 174 Å². The van der Waals surface area contributed by atoms with Gasteiger partial charge in [0.05, 0.1) is 28.1 Å². The molecule has 2 aromatic carbocycles. The van der Waals surface area contributed by atoms with Crippen molar-refractivity contribution in [1.29, 1.82) is 0 Å². The molecule has 43 heavy (non-hydrogen) atoms. The molecule has 3 aliphatic rings. The van der Waals surface area contributed by atoms with Gasteiger partial charge in [-0.2, -0.15) is 9.69 Å². The Hall–Kier alpha value is -6.04. The summed E-state index contributed by atoms with van der Waals surface area (Å²) in [6.45, 7) is 5.26. The zero-order chi connectivity index (χ0) is 30.6. The number of nitrogens with zero attached hydrogens (tertiary/aromatic N) is 4. The third-order valence-electron chi connectivity index (χ3n) is 7.38. The van der Waals surface area contributed by atoms with Crippen molar-refractivity contribution in [3.8, 4) is 23.0 Å². The van der Waals surface area contributed by atoms with Gasteiger partial charge >= 0.3 is 5.97 Å². The number of aromatic nitrogens is 4. The highest BCUT2D eigenvalue weighted by Crippen LogP contribution is 2.30. The molecule has 0 unspecified atom stereocenters. The van der Waals surface area contributed by atoms with Gasteiger partial charge in [0.2, 0.25) is 0 Å². The van der Waals surface area contributed by atoms with Crippen LogP contribution < -0.4 is 26.8 Å². The molecule has 214 valence electrons. The van der Waals surface area contributed by atoms with Crippen LogP contribution in [0.3, 0.4) is 0 Å². The number of carbonyl (C=O) groups is 2. The van der Waals surface area contributed by atoms with Crippen molar-refractivity contribution < 1.29 is 19.8 Å². The summed E-state index contributed by atoms with van der Waals surface area (Å²) in [6, 6.07) is 13.0. The van der Waals surface area contributed by atoms with Gasteiger partial charge in [0.15, 0.2) is 17.2 Å². The number of H-pyrrole nitrogens is 2. The highest BCUT2D eigenvalue weighted by Gasteiger charge is 2.28. The van der Waals surface area contributed by atoms with Crippen LogP contribution in [-0.4, -0.2) is 41.8 Å². The maximum Gasteiger partial charge on any atom is 0.335 e. The van der Waals surface area contributed by atoms with Gasteiger partial charge in [-0.25, -0.2) is 4.79 Å². The number of hydrogen-bond acceptors (Lipinski definition) is 7. The Bertz CT molecular complexity index is 2210. The third-order valence-corrected chi connectivity index (χ3v) is 7.38. The number of pyridine rings is 2. The standard InChI is InChI=1S/C31H24N6O6/c1-15-7-11-19(12-8-15)36-29(40)23-16(2)21(27(38)32-25(23)34-36)5-4-6-22-17(3)24-26(33-28(22)39)35-37(30(24)41)20-13-9-18(10-14-20)31(42)43/h4-14H,1-3H3,(H,42,43)(H,32,34,38)(H2,33,35,39)/b6-4+,21-5-. The van der Waals surface area contributed by atoms with Gasteiger partial charge in [0.1, 0.15) is 0 Å². The number of carboxylic acid groups (broad SMARTS) is 1. The fraction of sp³-hybridized carbons (Fsp3) is 0.0968. The lowest BCUT2D eigenvalue weighted by atomic mass is 10.0. The Kier molecular flexibility index (Phi) is 6.38. The highest BCUT2D eigenvalue weighted by molar-refractivity contribution is 6.07. The van der Waals surface area contributed by atoms with Crippen LogP contribution in [0.15, 0.2) is 69.3 Å². The number of amides is 1. The number of aryl methyl sites for hydroxylation is 1. The minimum Gasteiger partial charge on any atom is -0.494 e. The highest BCUT2D eigenvalue weighted by atomic mass is 16.4. The lowest BCUT2D eigenvalue weighted by Crippen LogP contribution is -2.38. The van der Waals surface area contributed by atoms with Crippen LogP contribution in [0.2, 0.25) is 0 Å². The average Bonchev–Trinajstić information content (AvgIpc) is 3.48. The molecule has 0 bridgehead atoms. The van der Waals surface area contributed by atoms with E-state index in [1.807, 2.05) is 19.1 Å². The molecule has 4 heterocycles. The molecule has 0 saturated heterocycles. The molecular formula is C31H24N6O6. The van der Waals surface area contributed by atoms with Crippen LogP contribution in [0.4, 0.5) is 5.69 Å². The maximum atomic E-state index is 13.3. The molecule has 0 saturated carbocycles. The maximum absolute atomic E-state index is 13.3. The van der Waals surface area contributed by atoms with E-state index < -0.39 is 17.1 Å². The predicted molar refractivity (Wildman–Crippen MR) is 158 cm³/mol. The first-order chi connectivity index (χ1) is 20.5. The van der Waals surface area contributed by atoms with Crippen LogP contribution in [0, 0.1) is 20.8 Å². The summed E-state index contributed by atoms with van der Waals surface area (Å²) in [4.78, 5) is 56.0. The van der Waals surface area contributed by atoms with Crippen molar-refractivity contribution in [2.45, 2.75) is 20.8 Å². The number of carboxylic acids is 1. The van der Waals surface area contributed by atoms with E-state index in [0.717, 1.165) is 10.2 Å². The Balaban J connectivity index is 1.37. The molecule has 1 amide bonds. The van der Waals surface area contributed by atoms with Crippen LogP contribution in [0.1, 0.15) is 43.0 Å².